The van der Waals surface area contributed by atoms with Crippen LogP contribution in [0.25, 0.3) is 0 Å². The molecule has 1 saturated carbocycles. The van der Waals surface area contributed by atoms with E-state index in [-0.39, 0.29) is 23.7 Å². The number of urea groups is 1. The second-order valence-electron chi connectivity index (χ2n) is 7.76. The molecule has 0 unspecified atom stereocenters. The lowest BCUT2D eigenvalue weighted by atomic mass is 9.90. The first-order valence-corrected chi connectivity index (χ1v) is 10.5. The minimum atomic E-state index is -0.493. The molecule has 8 heteroatoms. The molecule has 2 N–H and O–H groups in total. The lowest BCUT2D eigenvalue weighted by molar-refractivity contribution is -0.0694. The fourth-order valence-electron chi connectivity index (χ4n) is 4.25. The zero-order valence-corrected chi connectivity index (χ0v) is 17.4. The highest BCUT2D eigenvalue weighted by atomic mass is 19.1. The van der Waals surface area contributed by atoms with E-state index < -0.39 is 11.7 Å². The fraction of sp³-hybridized carbons (Fsp3) is 0.391. The Morgan fingerprint density at radius 1 is 1.13 bits per heavy atom. The minimum Gasteiger partial charge on any atom is -0.495 e. The van der Waals surface area contributed by atoms with Gasteiger partial charge in [-0.3, -0.25) is 4.79 Å². The van der Waals surface area contributed by atoms with Gasteiger partial charge in [0.25, 0.3) is 5.91 Å². The summed E-state index contributed by atoms with van der Waals surface area (Å²) in [6.07, 6.45) is 4.24. The van der Waals surface area contributed by atoms with Crippen LogP contribution in [0.3, 0.4) is 0 Å². The number of amides is 3. The number of carbonyl (C=O) groups excluding carboxylic acids is 2. The third-order valence-electron chi connectivity index (χ3n) is 5.78. The van der Waals surface area contributed by atoms with Crippen molar-refractivity contribution in [3.05, 3.63) is 53.8 Å². The Morgan fingerprint density at radius 2 is 1.97 bits per heavy atom. The third kappa shape index (κ3) is 4.80. The first-order valence-electron chi connectivity index (χ1n) is 10.5. The summed E-state index contributed by atoms with van der Waals surface area (Å²) in [7, 11) is 1.49. The highest BCUT2D eigenvalue weighted by Gasteiger charge is 2.36. The van der Waals surface area contributed by atoms with Crippen LogP contribution in [0.5, 0.6) is 5.75 Å². The molecule has 3 amide bonds. The van der Waals surface area contributed by atoms with Gasteiger partial charge >= 0.3 is 6.03 Å². The van der Waals surface area contributed by atoms with Crippen LogP contribution in [-0.2, 0) is 4.74 Å². The quantitative estimate of drug-likeness (QED) is 0.764. The van der Waals surface area contributed by atoms with E-state index >= 15 is 0 Å². The maximum Gasteiger partial charge on any atom is 0.322 e. The van der Waals surface area contributed by atoms with Crippen molar-refractivity contribution in [2.24, 2.45) is 0 Å². The average Bonchev–Trinajstić information content (AvgIpc) is 2.79. The molecule has 31 heavy (non-hydrogen) atoms. The van der Waals surface area contributed by atoms with E-state index in [9.17, 15) is 14.0 Å². The van der Waals surface area contributed by atoms with Crippen molar-refractivity contribution in [2.75, 3.05) is 30.9 Å². The number of halogens is 1. The molecule has 2 aromatic rings. The van der Waals surface area contributed by atoms with Gasteiger partial charge in [-0.15, -0.1) is 0 Å². The van der Waals surface area contributed by atoms with Crippen LogP contribution in [0.4, 0.5) is 20.6 Å². The highest BCUT2D eigenvalue weighted by molar-refractivity contribution is 6.05. The Balaban J connectivity index is 1.49. The molecule has 0 spiro atoms. The van der Waals surface area contributed by atoms with Crippen LogP contribution in [0.2, 0.25) is 0 Å². The summed E-state index contributed by atoms with van der Waals surface area (Å²) in [5, 5.41) is 5.65. The summed E-state index contributed by atoms with van der Waals surface area (Å²) >= 11 is 0. The Bertz CT molecular complexity index is 966. The van der Waals surface area contributed by atoms with Crippen molar-refractivity contribution in [3.63, 3.8) is 0 Å². The fourth-order valence-corrected chi connectivity index (χ4v) is 4.25. The van der Waals surface area contributed by atoms with Crippen molar-refractivity contribution in [1.82, 2.24) is 4.90 Å². The first-order chi connectivity index (χ1) is 15.0. The molecule has 2 atom stereocenters. The largest absolute Gasteiger partial charge is 0.495 e. The van der Waals surface area contributed by atoms with Gasteiger partial charge in [-0.25, -0.2) is 9.18 Å². The molecule has 1 heterocycles. The summed E-state index contributed by atoms with van der Waals surface area (Å²) < 4.78 is 24.6. The summed E-state index contributed by atoms with van der Waals surface area (Å²) in [5.41, 5.74) is 1.10. The van der Waals surface area contributed by atoms with Crippen LogP contribution in [0.1, 0.15) is 36.0 Å². The van der Waals surface area contributed by atoms with Crippen molar-refractivity contribution in [1.29, 1.82) is 0 Å². The molecule has 2 aromatic carbocycles. The first kappa shape index (κ1) is 21.1. The van der Waals surface area contributed by atoms with Gasteiger partial charge in [0.2, 0.25) is 0 Å². The van der Waals surface area contributed by atoms with Crippen LogP contribution in [0, 0.1) is 5.82 Å². The molecule has 0 bridgehead atoms. The number of ether oxygens (including phenoxy) is 2. The zero-order chi connectivity index (χ0) is 21.8. The lowest BCUT2D eigenvalue weighted by Crippen LogP contribution is -2.55. The second kappa shape index (κ2) is 9.34. The average molecular weight is 427 g/mol. The smallest absolute Gasteiger partial charge is 0.322 e. The van der Waals surface area contributed by atoms with Gasteiger partial charge in [0, 0.05) is 17.8 Å². The molecule has 0 aromatic heterocycles. The Labute approximate surface area is 180 Å². The van der Waals surface area contributed by atoms with Gasteiger partial charge in [-0.1, -0.05) is 18.9 Å². The molecule has 1 aliphatic carbocycles. The van der Waals surface area contributed by atoms with E-state index in [1.807, 2.05) is 4.90 Å². The molecule has 0 radical (unpaired) electrons. The van der Waals surface area contributed by atoms with Crippen LogP contribution in [0.15, 0.2) is 42.5 Å². The maximum absolute atomic E-state index is 13.4. The third-order valence-corrected chi connectivity index (χ3v) is 5.78. The highest BCUT2D eigenvalue weighted by Crippen LogP contribution is 2.31. The number of nitrogens with zero attached hydrogens (tertiary/aromatic N) is 1. The topological polar surface area (TPSA) is 79.9 Å². The van der Waals surface area contributed by atoms with Crippen LogP contribution >= 0.6 is 0 Å². The molecular weight excluding hydrogens is 401 g/mol. The summed E-state index contributed by atoms with van der Waals surface area (Å²) in [6, 6.07) is 10.3. The summed E-state index contributed by atoms with van der Waals surface area (Å²) in [4.78, 5) is 27.3. The maximum atomic E-state index is 13.4. The van der Waals surface area contributed by atoms with Gasteiger partial charge in [0.1, 0.15) is 11.6 Å². The van der Waals surface area contributed by atoms with Crippen molar-refractivity contribution < 1.29 is 23.5 Å². The van der Waals surface area contributed by atoms with Crippen molar-refractivity contribution in [3.8, 4) is 5.75 Å². The van der Waals surface area contributed by atoms with Crippen molar-refractivity contribution in [2.45, 2.75) is 37.8 Å². The van der Waals surface area contributed by atoms with Gasteiger partial charge in [-0.05, 0) is 49.2 Å². The zero-order valence-electron chi connectivity index (χ0n) is 17.4. The van der Waals surface area contributed by atoms with Crippen molar-refractivity contribution >= 4 is 23.3 Å². The van der Waals surface area contributed by atoms with Gasteiger partial charge < -0.3 is 25.0 Å². The number of rotatable bonds is 4. The minimum absolute atomic E-state index is 0.0906. The molecule has 7 nitrogen and oxygen atoms in total. The van der Waals surface area contributed by atoms with Crippen LogP contribution < -0.4 is 15.4 Å². The monoisotopic (exact) mass is 427 g/mol. The molecule has 1 saturated heterocycles. The molecule has 164 valence electrons. The number of benzene rings is 2. The number of methoxy groups -OCH3 is 1. The second-order valence-corrected chi connectivity index (χ2v) is 7.76. The molecule has 4 rings (SSSR count). The Hall–Kier alpha value is -3.13. The van der Waals surface area contributed by atoms with Gasteiger partial charge in [0.05, 0.1) is 31.5 Å². The normalized spacial score (nSPS) is 20.5. The summed E-state index contributed by atoms with van der Waals surface area (Å²) in [5.74, 6) is -0.534. The van der Waals surface area contributed by atoms with E-state index in [1.54, 1.807) is 18.2 Å². The number of carbonyl (C=O) groups is 2. The number of nitrogens with one attached hydrogen (secondary N) is 2. The standard InChI is InChI=1S/C23H26FN3O4/c1-30-20-10-9-17(14-18(20)26-22(28)15-5-4-6-16(24)13-15)25-23(29)27-11-12-31-21-8-3-2-7-19(21)27/h4-6,9-10,13-14,19,21H,2-3,7-8,11-12H2,1H3,(H,25,29)(H,26,28)/t19-,21+/m0/s1. The summed E-state index contributed by atoms with van der Waals surface area (Å²) in [6.45, 7) is 1.08. The number of hydrogen-bond donors (Lipinski definition) is 2. The predicted molar refractivity (Wildman–Crippen MR) is 115 cm³/mol. The lowest BCUT2D eigenvalue weighted by Gasteiger charge is -2.43. The van der Waals surface area contributed by atoms with E-state index in [1.165, 1.54) is 25.3 Å². The Kier molecular flexibility index (Phi) is 6.36. The molecular formula is C23H26FN3O4. The van der Waals surface area contributed by atoms with E-state index in [0.29, 0.717) is 30.3 Å². The number of morpholine rings is 1. The predicted octanol–water partition coefficient (Wildman–Crippen LogP) is 4.26. The SMILES string of the molecule is COc1ccc(NC(=O)N2CCO[C@@H]3CCCC[C@@H]32)cc1NC(=O)c1cccc(F)c1. The van der Waals surface area contributed by atoms with E-state index in [0.717, 1.165) is 31.7 Å². The van der Waals surface area contributed by atoms with E-state index in [4.69, 9.17) is 9.47 Å². The van der Waals surface area contributed by atoms with E-state index in [2.05, 4.69) is 10.6 Å². The number of hydrogen-bond acceptors (Lipinski definition) is 4. The van der Waals surface area contributed by atoms with Gasteiger partial charge in [-0.2, -0.15) is 0 Å². The Morgan fingerprint density at radius 3 is 2.77 bits per heavy atom. The number of fused-ring (bicyclic) bond motifs is 1. The molecule has 1 aliphatic heterocycles. The van der Waals surface area contributed by atoms with Crippen LogP contribution in [-0.4, -0.2) is 49.2 Å². The van der Waals surface area contributed by atoms with Gasteiger partial charge in [0.15, 0.2) is 0 Å². The molecule has 2 aliphatic rings. The molecule has 2 fully saturated rings. The number of anilines is 2.